The van der Waals surface area contributed by atoms with Gasteiger partial charge in [0.1, 0.15) is 5.41 Å². The van der Waals surface area contributed by atoms with Crippen molar-refractivity contribution in [3.8, 4) is 6.07 Å². The molecule has 0 aromatic heterocycles. The van der Waals surface area contributed by atoms with Crippen LogP contribution in [0.1, 0.15) is 28.7 Å². The molecule has 0 atom stereocenters. The molecule has 0 saturated heterocycles. The second kappa shape index (κ2) is 5.11. The van der Waals surface area contributed by atoms with Gasteiger partial charge in [-0.3, -0.25) is 0 Å². The van der Waals surface area contributed by atoms with Crippen LogP contribution in [-0.2, 0) is 18.3 Å². The van der Waals surface area contributed by atoms with Crippen molar-refractivity contribution in [1.82, 2.24) is 0 Å². The quantitative estimate of drug-likeness (QED) is 0.905. The average Bonchev–Trinajstić information content (AvgIpc) is 2.64. The summed E-state index contributed by atoms with van der Waals surface area (Å²) in [5.74, 6) is 0. The summed E-state index contributed by atoms with van der Waals surface area (Å²) in [5, 5.41) is 19.4. The molecule has 100 valence electrons. The molecule has 0 unspecified atom stereocenters. The molecule has 1 N–H and O–H groups in total. The fourth-order valence-corrected chi connectivity index (χ4v) is 3.34. The van der Waals surface area contributed by atoms with E-state index in [1.165, 1.54) is 11.1 Å². The van der Waals surface area contributed by atoms with E-state index in [1.807, 2.05) is 36.4 Å². The van der Waals surface area contributed by atoms with Crippen LogP contribution in [0.15, 0.2) is 48.5 Å². The van der Waals surface area contributed by atoms with Gasteiger partial charge in [0.25, 0.3) is 0 Å². The van der Waals surface area contributed by atoms with Gasteiger partial charge < -0.3 is 5.11 Å². The van der Waals surface area contributed by atoms with Gasteiger partial charge in [-0.15, -0.1) is 0 Å². The molecular weight excluding hydrogens is 246 g/mol. The van der Waals surface area contributed by atoms with E-state index >= 15 is 0 Å². The number of aliphatic hydroxyl groups excluding tert-OH is 1. The summed E-state index contributed by atoms with van der Waals surface area (Å²) in [5.41, 5.74) is 3.83. The van der Waals surface area contributed by atoms with Crippen molar-refractivity contribution >= 4 is 0 Å². The van der Waals surface area contributed by atoms with E-state index in [-0.39, 0.29) is 6.61 Å². The lowest BCUT2D eigenvalue weighted by Crippen LogP contribution is -2.28. The van der Waals surface area contributed by atoms with E-state index in [4.69, 9.17) is 0 Å². The Bertz CT molecular complexity index is 622. The maximum atomic E-state index is 9.93. The van der Waals surface area contributed by atoms with Gasteiger partial charge in [0.05, 0.1) is 6.07 Å². The zero-order chi connectivity index (χ0) is 14.0. The second-order valence-electron chi connectivity index (χ2n) is 5.31. The summed E-state index contributed by atoms with van der Waals surface area (Å²) in [4.78, 5) is 0. The molecule has 3 rings (SSSR count). The Hall–Kier alpha value is -2.11. The van der Waals surface area contributed by atoms with Crippen LogP contribution < -0.4 is 0 Å². The Morgan fingerprint density at radius 3 is 1.90 bits per heavy atom. The number of hydrogen-bond donors (Lipinski definition) is 1. The molecule has 0 radical (unpaired) electrons. The molecule has 1 aliphatic rings. The molecule has 0 saturated carbocycles. The zero-order valence-electron chi connectivity index (χ0n) is 11.3. The first kappa shape index (κ1) is 12.9. The normalized spacial score (nSPS) is 15.6. The van der Waals surface area contributed by atoms with Crippen LogP contribution in [0.5, 0.6) is 0 Å². The molecular formula is C18H17NO. The van der Waals surface area contributed by atoms with Crippen LogP contribution in [-0.4, -0.2) is 11.7 Å². The molecule has 2 nitrogen and oxygen atoms in total. The molecule has 1 aliphatic carbocycles. The lowest BCUT2D eigenvalue weighted by molar-refractivity contribution is 0.269. The molecule has 2 aromatic carbocycles. The standard InChI is InChI=1S/C18H17NO/c19-13-18(11-12-20)16-7-3-1-5-14(16)9-10-15-6-2-4-8-17(15)18/h1-8,20H,9-12H2. The van der Waals surface area contributed by atoms with Crippen molar-refractivity contribution in [1.29, 1.82) is 5.26 Å². The van der Waals surface area contributed by atoms with Crippen LogP contribution in [0.4, 0.5) is 0 Å². The van der Waals surface area contributed by atoms with Crippen LogP contribution >= 0.6 is 0 Å². The second-order valence-corrected chi connectivity index (χ2v) is 5.31. The van der Waals surface area contributed by atoms with Gasteiger partial charge in [-0.25, -0.2) is 0 Å². The molecule has 0 fully saturated rings. The smallest absolute Gasteiger partial charge is 0.110 e. The van der Waals surface area contributed by atoms with Crippen molar-refractivity contribution in [2.24, 2.45) is 0 Å². The van der Waals surface area contributed by atoms with Gasteiger partial charge in [-0.1, -0.05) is 48.5 Å². The highest BCUT2D eigenvalue weighted by molar-refractivity contribution is 5.54. The third-order valence-corrected chi connectivity index (χ3v) is 4.30. The Morgan fingerprint density at radius 2 is 1.45 bits per heavy atom. The topological polar surface area (TPSA) is 44.0 Å². The van der Waals surface area contributed by atoms with Gasteiger partial charge in [-0.05, 0) is 41.5 Å². The van der Waals surface area contributed by atoms with Gasteiger partial charge >= 0.3 is 0 Å². The highest BCUT2D eigenvalue weighted by atomic mass is 16.3. The Balaban J connectivity index is 2.32. The lowest BCUT2D eigenvalue weighted by Gasteiger charge is -2.29. The van der Waals surface area contributed by atoms with Crippen molar-refractivity contribution in [3.63, 3.8) is 0 Å². The highest BCUT2D eigenvalue weighted by Crippen LogP contribution is 2.41. The minimum atomic E-state index is -0.724. The Morgan fingerprint density at radius 1 is 0.950 bits per heavy atom. The van der Waals surface area contributed by atoms with E-state index in [9.17, 15) is 10.4 Å². The number of aliphatic hydroxyl groups is 1. The number of nitrogens with zero attached hydrogens (tertiary/aromatic N) is 1. The Kier molecular flexibility index (Phi) is 3.30. The van der Waals surface area contributed by atoms with E-state index in [0.717, 1.165) is 24.0 Å². The molecule has 0 spiro atoms. The molecule has 0 heterocycles. The predicted molar refractivity (Wildman–Crippen MR) is 78.4 cm³/mol. The summed E-state index contributed by atoms with van der Waals surface area (Å²) in [6, 6.07) is 18.8. The van der Waals surface area contributed by atoms with Crippen molar-refractivity contribution < 1.29 is 5.11 Å². The predicted octanol–water partition coefficient (Wildman–Crippen LogP) is 2.98. The first-order valence-corrected chi connectivity index (χ1v) is 7.01. The SMILES string of the molecule is N#CC1(CCO)c2ccccc2CCc2ccccc21. The van der Waals surface area contributed by atoms with Gasteiger partial charge in [0, 0.05) is 6.61 Å². The minimum absolute atomic E-state index is 0.0101. The molecule has 2 heteroatoms. The number of rotatable bonds is 2. The van der Waals surface area contributed by atoms with Crippen LogP contribution in [0.3, 0.4) is 0 Å². The molecule has 2 aromatic rings. The minimum Gasteiger partial charge on any atom is -0.396 e. The fourth-order valence-electron chi connectivity index (χ4n) is 3.34. The third-order valence-electron chi connectivity index (χ3n) is 4.30. The zero-order valence-corrected chi connectivity index (χ0v) is 11.3. The van der Waals surface area contributed by atoms with Crippen LogP contribution in [0.25, 0.3) is 0 Å². The third kappa shape index (κ3) is 1.83. The fraction of sp³-hybridized carbons (Fsp3) is 0.278. The monoisotopic (exact) mass is 263 g/mol. The van der Waals surface area contributed by atoms with E-state index in [1.54, 1.807) is 0 Å². The summed E-state index contributed by atoms with van der Waals surface area (Å²) >= 11 is 0. The molecule has 0 bridgehead atoms. The summed E-state index contributed by atoms with van der Waals surface area (Å²) in [6.07, 6.45) is 2.33. The van der Waals surface area contributed by atoms with Gasteiger partial charge in [0.2, 0.25) is 0 Å². The van der Waals surface area contributed by atoms with Gasteiger partial charge in [-0.2, -0.15) is 5.26 Å². The van der Waals surface area contributed by atoms with Crippen LogP contribution in [0, 0.1) is 11.3 Å². The average molecular weight is 263 g/mol. The van der Waals surface area contributed by atoms with Crippen molar-refractivity contribution in [3.05, 3.63) is 70.8 Å². The maximum Gasteiger partial charge on any atom is 0.110 e. The largest absolute Gasteiger partial charge is 0.396 e. The summed E-state index contributed by atoms with van der Waals surface area (Å²) in [7, 11) is 0. The molecule has 0 amide bonds. The molecule has 0 aliphatic heterocycles. The number of benzene rings is 2. The van der Waals surface area contributed by atoms with E-state index < -0.39 is 5.41 Å². The maximum absolute atomic E-state index is 9.93. The number of hydrogen-bond acceptors (Lipinski definition) is 2. The molecule has 20 heavy (non-hydrogen) atoms. The summed E-state index contributed by atoms with van der Waals surface area (Å²) in [6.45, 7) is 0.0101. The first-order valence-electron chi connectivity index (χ1n) is 7.01. The van der Waals surface area contributed by atoms with Crippen molar-refractivity contribution in [2.45, 2.75) is 24.7 Å². The number of aryl methyl sites for hydroxylation is 2. The number of fused-ring (bicyclic) bond motifs is 2. The first-order chi connectivity index (χ1) is 9.81. The lowest BCUT2D eigenvalue weighted by atomic mass is 9.71. The van der Waals surface area contributed by atoms with E-state index in [2.05, 4.69) is 18.2 Å². The summed E-state index contributed by atoms with van der Waals surface area (Å²) < 4.78 is 0. The van der Waals surface area contributed by atoms with Gasteiger partial charge in [0.15, 0.2) is 0 Å². The van der Waals surface area contributed by atoms with Crippen molar-refractivity contribution in [2.75, 3.05) is 6.61 Å². The van der Waals surface area contributed by atoms with Crippen LogP contribution in [0.2, 0.25) is 0 Å². The highest BCUT2D eigenvalue weighted by Gasteiger charge is 2.38. The Labute approximate surface area is 119 Å². The van der Waals surface area contributed by atoms with E-state index in [0.29, 0.717) is 6.42 Å². The number of nitriles is 1.